The molecule has 2 atom stereocenters. The van der Waals surface area contributed by atoms with Crippen molar-refractivity contribution < 1.29 is 4.74 Å². The minimum atomic E-state index is -0.349. The SMILES string of the molecule is CC1(C)CSCC(C#N)(NCC2CCCO2)C1. The molecule has 2 aliphatic rings. The van der Waals surface area contributed by atoms with Gasteiger partial charge in [0.15, 0.2) is 0 Å². The molecule has 0 saturated carbocycles. The second-order valence-corrected chi connectivity index (χ2v) is 7.03. The van der Waals surface area contributed by atoms with E-state index >= 15 is 0 Å². The molecule has 0 spiro atoms. The lowest BCUT2D eigenvalue weighted by atomic mass is 9.80. The highest BCUT2D eigenvalue weighted by Crippen LogP contribution is 2.38. The zero-order valence-corrected chi connectivity index (χ0v) is 11.6. The van der Waals surface area contributed by atoms with E-state index in [0.29, 0.717) is 6.10 Å². The van der Waals surface area contributed by atoms with Gasteiger partial charge in [-0.05, 0) is 30.4 Å². The fraction of sp³-hybridized carbons (Fsp3) is 0.923. The predicted octanol–water partition coefficient (Wildman–Crippen LogP) is 2.18. The Morgan fingerprint density at radius 3 is 2.88 bits per heavy atom. The molecule has 2 aliphatic heterocycles. The van der Waals surface area contributed by atoms with E-state index in [4.69, 9.17) is 4.74 Å². The van der Waals surface area contributed by atoms with Gasteiger partial charge < -0.3 is 4.74 Å². The molecular formula is C13H22N2OS. The summed E-state index contributed by atoms with van der Waals surface area (Å²) in [6.45, 7) is 6.20. The zero-order valence-electron chi connectivity index (χ0n) is 10.8. The number of ether oxygens (including phenoxy) is 1. The summed E-state index contributed by atoms with van der Waals surface area (Å²) in [4.78, 5) is 0. The summed E-state index contributed by atoms with van der Waals surface area (Å²) in [6, 6.07) is 2.51. The van der Waals surface area contributed by atoms with Crippen LogP contribution in [0.5, 0.6) is 0 Å². The van der Waals surface area contributed by atoms with Gasteiger partial charge in [-0.3, -0.25) is 5.32 Å². The summed E-state index contributed by atoms with van der Waals surface area (Å²) in [5.74, 6) is 2.05. The maximum atomic E-state index is 9.48. The van der Waals surface area contributed by atoms with Crippen LogP contribution in [-0.2, 0) is 4.74 Å². The molecule has 0 aromatic rings. The highest BCUT2D eigenvalue weighted by Gasteiger charge is 2.41. The first-order valence-electron chi connectivity index (χ1n) is 6.41. The summed E-state index contributed by atoms with van der Waals surface area (Å²) >= 11 is 1.89. The van der Waals surface area contributed by atoms with Crippen molar-refractivity contribution in [3.8, 4) is 6.07 Å². The summed E-state index contributed by atoms with van der Waals surface area (Å²) in [5.41, 5.74) is -0.0967. The van der Waals surface area contributed by atoms with Crippen LogP contribution < -0.4 is 5.32 Å². The van der Waals surface area contributed by atoms with Gasteiger partial charge in [-0.25, -0.2) is 0 Å². The molecule has 2 unspecified atom stereocenters. The second kappa shape index (κ2) is 5.17. The first-order chi connectivity index (χ1) is 8.05. The fourth-order valence-electron chi connectivity index (χ4n) is 2.76. The minimum absolute atomic E-state index is 0.252. The molecule has 2 saturated heterocycles. The Balaban J connectivity index is 1.92. The standard InChI is InChI=1S/C13H22N2OS/c1-12(2)7-13(8-14,10-17-9-12)15-6-11-4-3-5-16-11/h11,15H,3-7,9-10H2,1-2H3. The molecule has 0 radical (unpaired) electrons. The van der Waals surface area contributed by atoms with Crippen LogP contribution in [0, 0.1) is 16.7 Å². The van der Waals surface area contributed by atoms with Crippen molar-refractivity contribution in [3.05, 3.63) is 0 Å². The summed E-state index contributed by atoms with van der Waals surface area (Å²) in [6.07, 6.45) is 3.54. The largest absolute Gasteiger partial charge is 0.377 e. The van der Waals surface area contributed by atoms with Crippen LogP contribution in [0.2, 0.25) is 0 Å². The molecule has 0 aliphatic carbocycles. The van der Waals surface area contributed by atoms with Crippen LogP contribution >= 0.6 is 11.8 Å². The number of nitriles is 1. The Hall–Kier alpha value is -0.240. The maximum absolute atomic E-state index is 9.48. The van der Waals surface area contributed by atoms with Crippen LogP contribution in [0.4, 0.5) is 0 Å². The smallest absolute Gasteiger partial charge is 0.116 e. The molecule has 3 nitrogen and oxygen atoms in total. The van der Waals surface area contributed by atoms with Crippen molar-refractivity contribution in [1.82, 2.24) is 5.32 Å². The third-order valence-corrected chi connectivity index (χ3v) is 5.21. The van der Waals surface area contributed by atoms with Crippen LogP contribution in [0.3, 0.4) is 0 Å². The predicted molar refractivity (Wildman–Crippen MR) is 71.0 cm³/mol. The maximum Gasteiger partial charge on any atom is 0.116 e. The van der Waals surface area contributed by atoms with Crippen LogP contribution in [0.25, 0.3) is 0 Å². The van der Waals surface area contributed by atoms with Gasteiger partial charge in [-0.1, -0.05) is 13.8 Å². The third kappa shape index (κ3) is 3.37. The number of hydrogen-bond acceptors (Lipinski definition) is 4. The molecule has 17 heavy (non-hydrogen) atoms. The van der Waals surface area contributed by atoms with Gasteiger partial charge in [0.2, 0.25) is 0 Å². The number of rotatable bonds is 3. The molecule has 2 rings (SSSR count). The van der Waals surface area contributed by atoms with E-state index in [1.54, 1.807) is 0 Å². The Bertz CT molecular complexity index is 307. The van der Waals surface area contributed by atoms with Gasteiger partial charge in [-0.15, -0.1) is 0 Å². The zero-order chi connectivity index (χ0) is 12.4. The van der Waals surface area contributed by atoms with Gasteiger partial charge in [-0.2, -0.15) is 17.0 Å². The molecule has 0 bridgehead atoms. The van der Waals surface area contributed by atoms with Gasteiger partial charge in [0.1, 0.15) is 5.54 Å². The molecule has 2 heterocycles. The summed E-state index contributed by atoms with van der Waals surface area (Å²) in [7, 11) is 0. The molecule has 0 aromatic carbocycles. The first-order valence-corrected chi connectivity index (χ1v) is 7.56. The lowest BCUT2D eigenvalue weighted by molar-refractivity contribution is 0.102. The average molecular weight is 254 g/mol. The van der Waals surface area contributed by atoms with Crippen LogP contribution in [0.15, 0.2) is 0 Å². The lowest BCUT2D eigenvalue weighted by Crippen LogP contribution is -2.54. The van der Waals surface area contributed by atoms with Crippen LogP contribution in [-0.4, -0.2) is 36.3 Å². The van der Waals surface area contributed by atoms with Crippen molar-refractivity contribution in [3.63, 3.8) is 0 Å². The van der Waals surface area contributed by atoms with Gasteiger partial charge in [0.05, 0.1) is 12.2 Å². The van der Waals surface area contributed by atoms with Gasteiger partial charge in [0, 0.05) is 18.9 Å². The van der Waals surface area contributed by atoms with E-state index in [-0.39, 0.29) is 11.0 Å². The molecule has 0 amide bonds. The molecule has 4 heteroatoms. The van der Waals surface area contributed by atoms with Crippen LogP contribution in [0.1, 0.15) is 33.1 Å². The van der Waals surface area contributed by atoms with E-state index in [2.05, 4.69) is 25.2 Å². The van der Waals surface area contributed by atoms with Crippen molar-refractivity contribution >= 4 is 11.8 Å². The van der Waals surface area contributed by atoms with E-state index in [0.717, 1.165) is 43.9 Å². The molecular weight excluding hydrogens is 232 g/mol. The van der Waals surface area contributed by atoms with E-state index < -0.39 is 0 Å². The second-order valence-electron chi connectivity index (χ2n) is 6.04. The highest BCUT2D eigenvalue weighted by atomic mass is 32.2. The van der Waals surface area contributed by atoms with E-state index in [9.17, 15) is 5.26 Å². The van der Waals surface area contributed by atoms with E-state index in [1.165, 1.54) is 0 Å². The Labute approximate surface area is 108 Å². The molecule has 2 fully saturated rings. The number of thioether (sulfide) groups is 1. The first kappa shape index (κ1) is 13.2. The molecule has 1 N–H and O–H groups in total. The monoisotopic (exact) mass is 254 g/mol. The van der Waals surface area contributed by atoms with Gasteiger partial charge >= 0.3 is 0 Å². The molecule has 96 valence electrons. The molecule has 0 aromatic heterocycles. The average Bonchev–Trinajstić information content (AvgIpc) is 2.78. The fourth-order valence-corrected chi connectivity index (χ4v) is 4.13. The number of hydrogen-bond donors (Lipinski definition) is 1. The third-order valence-electron chi connectivity index (χ3n) is 3.53. The van der Waals surface area contributed by atoms with Crippen molar-refractivity contribution in [1.29, 1.82) is 5.26 Å². The lowest BCUT2D eigenvalue weighted by Gasteiger charge is -2.41. The Morgan fingerprint density at radius 1 is 1.47 bits per heavy atom. The van der Waals surface area contributed by atoms with Crippen molar-refractivity contribution in [2.75, 3.05) is 24.7 Å². The normalized spacial score (nSPS) is 36.6. The Morgan fingerprint density at radius 2 is 2.29 bits per heavy atom. The topological polar surface area (TPSA) is 45.0 Å². The van der Waals surface area contributed by atoms with Crippen molar-refractivity contribution in [2.24, 2.45) is 5.41 Å². The Kier molecular flexibility index (Phi) is 4.02. The van der Waals surface area contributed by atoms with E-state index in [1.807, 2.05) is 11.8 Å². The van der Waals surface area contributed by atoms with Gasteiger partial charge in [0.25, 0.3) is 0 Å². The number of nitrogens with zero attached hydrogens (tertiary/aromatic N) is 1. The minimum Gasteiger partial charge on any atom is -0.377 e. The quantitative estimate of drug-likeness (QED) is 0.838. The van der Waals surface area contributed by atoms with Crippen molar-refractivity contribution in [2.45, 2.75) is 44.8 Å². The summed E-state index contributed by atoms with van der Waals surface area (Å²) in [5, 5.41) is 13.0. The number of nitrogens with one attached hydrogen (secondary N) is 1. The highest BCUT2D eigenvalue weighted by molar-refractivity contribution is 7.99. The summed E-state index contributed by atoms with van der Waals surface area (Å²) < 4.78 is 5.61.